The summed E-state index contributed by atoms with van der Waals surface area (Å²) >= 11 is 0. The van der Waals surface area contributed by atoms with E-state index in [1.165, 1.54) is 142 Å². The van der Waals surface area contributed by atoms with E-state index < -0.39 is 0 Å². The molecule has 15 rings (SSSR count). The van der Waals surface area contributed by atoms with Gasteiger partial charge in [0.05, 0.1) is 22.1 Å². The van der Waals surface area contributed by atoms with Crippen LogP contribution in [-0.2, 0) is 21.7 Å². The highest BCUT2D eigenvalue weighted by atomic mass is 15.0. The lowest BCUT2D eigenvalue weighted by atomic mass is 9.82. The van der Waals surface area contributed by atoms with E-state index in [0.717, 1.165) is 22.5 Å². The highest BCUT2D eigenvalue weighted by Crippen LogP contribution is 2.49. The van der Waals surface area contributed by atoms with Crippen molar-refractivity contribution in [3.8, 4) is 55.9 Å². The average Bonchev–Trinajstić information content (AvgIpc) is 1.67. The molecule has 0 saturated carbocycles. The number of rotatable bonds is 6. The topological polar surface area (TPSA) is 9.86 Å². The Morgan fingerprint density at radius 2 is 0.477 bits per heavy atom. The predicted octanol–water partition coefficient (Wildman–Crippen LogP) is 24.4. The van der Waals surface area contributed by atoms with Gasteiger partial charge in [-0.2, -0.15) is 0 Å². The van der Waals surface area contributed by atoms with Crippen molar-refractivity contribution in [2.45, 2.75) is 105 Å². The molecule has 0 aliphatic heterocycles. The maximum atomic E-state index is 2.53. The molecule has 0 aliphatic carbocycles. The van der Waals surface area contributed by atoms with Crippen LogP contribution in [0.2, 0.25) is 0 Å². The van der Waals surface area contributed by atoms with Crippen LogP contribution in [-0.4, -0.2) is 9.13 Å². The molecule has 0 spiro atoms. The van der Waals surface area contributed by atoms with Gasteiger partial charge in [0.15, 0.2) is 0 Å². The Kier molecular flexibility index (Phi) is 12.5. The first-order valence-electron chi connectivity index (χ1n) is 31.6. The molecule has 88 heavy (non-hydrogen) atoms. The van der Waals surface area contributed by atoms with E-state index in [2.05, 4.69) is 335 Å². The molecular weight excluding hydrogens is 1060 g/mol. The van der Waals surface area contributed by atoms with Gasteiger partial charge in [-0.3, -0.25) is 0 Å². The summed E-state index contributed by atoms with van der Waals surface area (Å²) in [5.41, 5.74) is 22.0. The third-order valence-electron chi connectivity index (χ3n) is 19.1. The number of benzene rings is 13. The minimum atomic E-state index is 0.0123. The Morgan fingerprint density at radius 1 is 0.205 bits per heavy atom. The summed E-state index contributed by atoms with van der Waals surface area (Å²) in [6.45, 7) is 27.8. The fourth-order valence-corrected chi connectivity index (χ4v) is 14.1. The van der Waals surface area contributed by atoms with Gasteiger partial charge in [0.2, 0.25) is 0 Å². The molecule has 0 bridgehead atoms. The normalized spacial score (nSPS) is 12.8. The van der Waals surface area contributed by atoms with E-state index in [9.17, 15) is 0 Å². The molecule has 0 amide bonds. The first-order chi connectivity index (χ1) is 42.2. The summed E-state index contributed by atoms with van der Waals surface area (Å²) in [4.78, 5) is 0. The zero-order valence-electron chi connectivity index (χ0n) is 53.0. The molecule has 0 N–H and O–H groups in total. The standard InChI is InChI=1S/C86H76N2/c1-83(2,3)57-33-41-79-75(47-57)76-48-58(84(4,5)6)34-42-80(76)87(79)61-37-29-53(30-38-61)69-51-74(72-46-56-22-14-16-24-64(56)66-26-18-20-28-68(66)72)70(52-73(69)71-45-55-21-13-15-23-63(55)65-25-17-19-27-67(65)71)54-31-39-62(40-32-54)88-81-43-35-59(85(7,8)9)49-77(81)78-50-60(86(10,11)12)36-44-82(78)88/h13-52H,1-12H3. The lowest BCUT2D eigenvalue weighted by Gasteiger charge is -2.22. The maximum absolute atomic E-state index is 2.53. The molecule has 2 aromatic heterocycles. The third-order valence-corrected chi connectivity index (χ3v) is 19.1. The predicted molar refractivity (Wildman–Crippen MR) is 382 cm³/mol. The van der Waals surface area contributed by atoms with Gasteiger partial charge in [0.25, 0.3) is 0 Å². The molecule has 2 heterocycles. The average molecular weight is 1140 g/mol. The Labute approximate surface area is 518 Å². The highest BCUT2D eigenvalue weighted by molar-refractivity contribution is 6.18. The number of hydrogen-bond acceptors (Lipinski definition) is 0. The fraction of sp³-hybridized carbons (Fsp3) is 0.186. The molecule has 0 aliphatic rings. The van der Waals surface area contributed by atoms with Gasteiger partial charge < -0.3 is 9.13 Å². The molecular formula is C86H76N2. The number of nitrogens with zero attached hydrogens (tertiary/aromatic N) is 2. The molecule has 430 valence electrons. The quantitative estimate of drug-likeness (QED) is 0.147. The molecule has 13 aromatic carbocycles. The SMILES string of the molecule is CC(C)(C)c1ccc2c(c1)c1cc(C(C)(C)C)ccc1n2-c1ccc(-c2cc(-c3cc4ccccc4c4ccccc34)c(-c3ccc(-n4c5ccc(C(C)(C)C)cc5c5cc(C(C)(C)C)ccc54)cc3)cc2-c2cc3ccccc3c3ccccc23)cc1. The number of aromatic nitrogens is 2. The molecule has 0 unspecified atom stereocenters. The Morgan fingerprint density at radius 3 is 0.773 bits per heavy atom. The second-order valence-electron chi connectivity index (χ2n) is 29.0. The van der Waals surface area contributed by atoms with Crippen LogP contribution in [0.15, 0.2) is 243 Å². The van der Waals surface area contributed by atoms with Crippen LogP contribution in [0.25, 0.3) is 143 Å². The van der Waals surface area contributed by atoms with Crippen LogP contribution in [0.1, 0.15) is 105 Å². The lowest BCUT2D eigenvalue weighted by molar-refractivity contribution is 0.590. The van der Waals surface area contributed by atoms with Crippen molar-refractivity contribution in [2.75, 3.05) is 0 Å². The summed E-state index contributed by atoms with van der Waals surface area (Å²) in [5.74, 6) is 0. The van der Waals surface area contributed by atoms with Crippen molar-refractivity contribution in [1.29, 1.82) is 0 Å². The zero-order valence-corrected chi connectivity index (χ0v) is 53.0. The number of hydrogen-bond donors (Lipinski definition) is 0. The lowest BCUT2D eigenvalue weighted by Crippen LogP contribution is -2.10. The summed E-state index contributed by atoms with van der Waals surface area (Å²) in [5, 5.41) is 15.1. The number of fused-ring (bicyclic) bond motifs is 12. The molecule has 0 saturated heterocycles. The fourth-order valence-electron chi connectivity index (χ4n) is 14.1. The van der Waals surface area contributed by atoms with Crippen molar-refractivity contribution in [2.24, 2.45) is 0 Å². The second-order valence-corrected chi connectivity index (χ2v) is 29.0. The first-order valence-corrected chi connectivity index (χ1v) is 31.6. The van der Waals surface area contributed by atoms with Crippen LogP contribution in [0, 0.1) is 0 Å². The molecule has 2 nitrogen and oxygen atoms in total. The van der Waals surface area contributed by atoms with Gasteiger partial charge in [-0.15, -0.1) is 0 Å². The Bertz CT molecular complexity index is 4840. The summed E-state index contributed by atoms with van der Waals surface area (Å²) < 4.78 is 4.96. The van der Waals surface area contributed by atoms with E-state index >= 15 is 0 Å². The van der Waals surface area contributed by atoms with Gasteiger partial charge in [-0.05, 0) is 229 Å². The van der Waals surface area contributed by atoms with Crippen molar-refractivity contribution in [3.05, 3.63) is 265 Å². The summed E-state index contributed by atoms with van der Waals surface area (Å²) in [6.07, 6.45) is 0. The molecule has 0 radical (unpaired) electrons. The minimum absolute atomic E-state index is 0.0123. The van der Waals surface area contributed by atoms with Gasteiger partial charge in [-0.25, -0.2) is 0 Å². The molecule has 15 aromatic rings. The first kappa shape index (κ1) is 55.1. The van der Waals surface area contributed by atoms with Gasteiger partial charge >= 0.3 is 0 Å². The molecule has 0 fully saturated rings. The van der Waals surface area contributed by atoms with Crippen molar-refractivity contribution in [1.82, 2.24) is 9.13 Å². The van der Waals surface area contributed by atoms with Crippen molar-refractivity contribution >= 4 is 86.7 Å². The summed E-state index contributed by atoms with van der Waals surface area (Å²) in [7, 11) is 0. The van der Waals surface area contributed by atoms with Crippen LogP contribution in [0.5, 0.6) is 0 Å². The largest absolute Gasteiger partial charge is 0.309 e. The highest BCUT2D eigenvalue weighted by Gasteiger charge is 2.26. The van der Waals surface area contributed by atoms with Crippen LogP contribution >= 0.6 is 0 Å². The third kappa shape index (κ3) is 9.13. The van der Waals surface area contributed by atoms with Crippen LogP contribution in [0.4, 0.5) is 0 Å². The van der Waals surface area contributed by atoms with Gasteiger partial charge in [0.1, 0.15) is 0 Å². The minimum Gasteiger partial charge on any atom is -0.309 e. The Hall–Kier alpha value is -9.50. The second kappa shape index (κ2) is 20.0. The van der Waals surface area contributed by atoms with E-state index in [0.29, 0.717) is 0 Å². The Balaban J connectivity index is 0.989. The van der Waals surface area contributed by atoms with Gasteiger partial charge in [-0.1, -0.05) is 229 Å². The monoisotopic (exact) mass is 1140 g/mol. The van der Waals surface area contributed by atoms with E-state index in [1.54, 1.807) is 0 Å². The smallest absolute Gasteiger partial charge is 0.0541 e. The van der Waals surface area contributed by atoms with E-state index in [-0.39, 0.29) is 21.7 Å². The van der Waals surface area contributed by atoms with Crippen molar-refractivity contribution in [3.63, 3.8) is 0 Å². The molecule has 0 atom stereocenters. The van der Waals surface area contributed by atoms with Crippen LogP contribution < -0.4 is 0 Å². The summed E-state index contributed by atoms with van der Waals surface area (Å²) in [6, 6.07) is 93.2. The van der Waals surface area contributed by atoms with Crippen LogP contribution in [0.3, 0.4) is 0 Å². The molecule has 2 heteroatoms. The van der Waals surface area contributed by atoms with E-state index in [4.69, 9.17) is 0 Å². The van der Waals surface area contributed by atoms with Crippen molar-refractivity contribution < 1.29 is 0 Å². The van der Waals surface area contributed by atoms with Gasteiger partial charge in [0, 0.05) is 32.9 Å². The van der Waals surface area contributed by atoms with E-state index in [1.807, 2.05) is 0 Å². The maximum Gasteiger partial charge on any atom is 0.0541 e. The zero-order chi connectivity index (χ0) is 60.8.